The number of thiocarbonyl (C=S) groups is 1. The van der Waals surface area contributed by atoms with Crippen molar-refractivity contribution in [2.45, 2.75) is 13.8 Å². The number of rotatable bonds is 2. The van der Waals surface area contributed by atoms with E-state index in [-0.39, 0.29) is 12.7 Å². The van der Waals surface area contributed by atoms with Crippen molar-refractivity contribution in [1.82, 2.24) is 9.88 Å². The number of carbonyl (C=O) groups excluding carboxylic acids is 1. The molecule has 1 saturated heterocycles. The molecule has 0 radical (unpaired) electrons. The van der Waals surface area contributed by atoms with Gasteiger partial charge in [-0.15, -0.1) is 0 Å². The predicted octanol–water partition coefficient (Wildman–Crippen LogP) is 3.31. The number of amides is 1. The lowest BCUT2D eigenvalue weighted by atomic mass is 10.2. The molecule has 0 aliphatic carbocycles. The molecule has 5 nitrogen and oxygen atoms in total. The SMILES string of the molecule is Cc1cc(/C=C2\SC(=S)NC2=O)c(C)n1-c1ccc2c(c1)OCO2. The van der Waals surface area contributed by atoms with Crippen LogP contribution in [0.3, 0.4) is 0 Å². The van der Waals surface area contributed by atoms with Crippen molar-refractivity contribution in [3.8, 4) is 17.2 Å². The predicted molar refractivity (Wildman–Crippen MR) is 97.7 cm³/mol. The monoisotopic (exact) mass is 358 g/mol. The number of aromatic nitrogens is 1. The van der Waals surface area contributed by atoms with Crippen LogP contribution in [0.4, 0.5) is 0 Å². The van der Waals surface area contributed by atoms with Gasteiger partial charge in [-0.3, -0.25) is 4.79 Å². The van der Waals surface area contributed by atoms with Crippen LogP contribution in [-0.4, -0.2) is 21.6 Å². The normalized spacial score (nSPS) is 17.7. The molecule has 24 heavy (non-hydrogen) atoms. The first-order chi connectivity index (χ1) is 11.5. The van der Waals surface area contributed by atoms with Gasteiger partial charge >= 0.3 is 0 Å². The second-order valence-electron chi connectivity index (χ2n) is 5.55. The first kappa shape index (κ1) is 15.3. The van der Waals surface area contributed by atoms with E-state index in [0.717, 1.165) is 34.1 Å². The Morgan fingerprint density at radius 1 is 1.25 bits per heavy atom. The molecule has 2 aliphatic rings. The molecule has 4 rings (SSSR count). The molecule has 0 bridgehead atoms. The zero-order valence-corrected chi connectivity index (χ0v) is 14.7. The number of ether oxygens (including phenoxy) is 2. The van der Waals surface area contributed by atoms with E-state index in [1.807, 2.05) is 38.1 Å². The van der Waals surface area contributed by atoms with Gasteiger partial charge in [0.05, 0.1) is 4.91 Å². The fourth-order valence-electron chi connectivity index (χ4n) is 2.92. The van der Waals surface area contributed by atoms with Gasteiger partial charge in [0, 0.05) is 23.1 Å². The number of aryl methyl sites for hydroxylation is 1. The van der Waals surface area contributed by atoms with E-state index in [9.17, 15) is 4.79 Å². The molecule has 1 aromatic heterocycles. The summed E-state index contributed by atoms with van der Waals surface area (Å²) in [5, 5.41) is 2.64. The Kier molecular flexibility index (Phi) is 3.62. The highest BCUT2D eigenvalue weighted by atomic mass is 32.2. The van der Waals surface area contributed by atoms with E-state index in [1.54, 1.807) is 0 Å². The van der Waals surface area contributed by atoms with Crippen LogP contribution in [-0.2, 0) is 4.79 Å². The quantitative estimate of drug-likeness (QED) is 0.659. The molecule has 1 amide bonds. The third kappa shape index (κ3) is 2.50. The van der Waals surface area contributed by atoms with Crippen molar-refractivity contribution in [2.75, 3.05) is 6.79 Å². The van der Waals surface area contributed by atoms with Crippen LogP contribution in [0.2, 0.25) is 0 Å². The molecule has 2 aromatic rings. The zero-order chi connectivity index (χ0) is 16.8. The minimum Gasteiger partial charge on any atom is -0.454 e. The van der Waals surface area contributed by atoms with E-state index >= 15 is 0 Å². The van der Waals surface area contributed by atoms with Gasteiger partial charge in [0.1, 0.15) is 4.32 Å². The molecule has 0 saturated carbocycles. The van der Waals surface area contributed by atoms with Crippen LogP contribution >= 0.6 is 24.0 Å². The van der Waals surface area contributed by atoms with Crippen molar-refractivity contribution in [1.29, 1.82) is 0 Å². The Morgan fingerprint density at radius 2 is 2.04 bits per heavy atom. The molecule has 1 N–H and O–H groups in total. The summed E-state index contributed by atoms with van der Waals surface area (Å²) in [5.41, 5.74) is 4.11. The number of nitrogens with one attached hydrogen (secondary N) is 1. The highest BCUT2D eigenvalue weighted by Gasteiger charge is 2.23. The second-order valence-corrected chi connectivity index (χ2v) is 7.27. The van der Waals surface area contributed by atoms with Crippen LogP contribution in [0.5, 0.6) is 11.5 Å². The van der Waals surface area contributed by atoms with E-state index in [1.165, 1.54) is 11.8 Å². The summed E-state index contributed by atoms with van der Waals surface area (Å²) in [4.78, 5) is 12.5. The molecule has 7 heteroatoms. The summed E-state index contributed by atoms with van der Waals surface area (Å²) in [5.74, 6) is 1.37. The molecule has 0 spiro atoms. The molecular formula is C17H14N2O3S2. The lowest BCUT2D eigenvalue weighted by molar-refractivity contribution is -0.115. The van der Waals surface area contributed by atoms with Crippen LogP contribution in [0.25, 0.3) is 11.8 Å². The fraction of sp³-hybridized carbons (Fsp3) is 0.176. The smallest absolute Gasteiger partial charge is 0.263 e. The average molecular weight is 358 g/mol. The minimum atomic E-state index is -0.141. The lowest BCUT2D eigenvalue weighted by Crippen LogP contribution is -2.17. The Balaban J connectivity index is 1.76. The van der Waals surface area contributed by atoms with Crippen LogP contribution in [0, 0.1) is 13.8 Å². The van der Waals surface area contributed by atoms with Crippen molar-refractivity contribution >= 4 is 40.3 Å². The largest absolute Gasteiger partial charge is 0.454 e. The molecular weight excluding hydrogens is 344 g/mol. The number of hydrogen-bond donors (Lipinski definition) is 1. The molecule has 122 valence electrons. The molecule has 3 heterocycles. The second kappa shape index (κ2) is 5.68. The highest BCUT2D eigenvalue weighted by molar-refractivity contribution is 8.26. The first-order valence-corrected chi connectivity index (χ1v) is 8.59. The van der Waals surface area contributed by atoms with Gasteiger partial charge in [-0.1, -0.05) is 24.0 Å². The van der Waals surface area contributed by atoms with Crippen LogP contribution in [0.1, 0.15) is 17.0 Å². The number of carbonyl (C=O) groups is 1. The van der Waals surface area contributed by atoms with E-state index in [4.69, 9.17) is 21.7 Å². The maximum Gasteiger partial charge on any atom is 0.263 e. The molecule has 0 unspecified atom stereocenters. The number of thioether (sulfide) groups is 1. The maximum atomic E-state index is 11.9. The van der Waals surface area contributed by atoms with E-state index in [0.29, 0.717) is 9.23 Å². The zero-order valence-electron chi connectivity index (χ0n) is 13.1. The van der Waals surface area contributed by atoms with Gasteiger partial charge < -0.3 is 19.4 Å². The molecule has 2 aliphatic heterocycles. The van der Waals surface area contributed by atoms with Gasteiger partial charge in [0.25, 0.3) is 5.91 Å². The standard InChI is InChI=1S/C17H14N2O3S2/c1-9-5-11(6-15-16(20)18-17(23)24-15)10(2)19(9)12-3-4-13-14(7-12)22-8-21-13/h3-7H,8H2,1-2H3,(H,18,20,23)/b15-6-. The Morgan fingerprint density at radius 3 is 2.79 bits per heavy atom. The summed E-state index contributed by atoms with van der Waals surface area (Å²) in [6, 6.07) is 7.93. The van der Waals surface area contributed by atoms with Gasteiger partial charge in [0.2, 0.25) is 6.79 Å². The van der Waals surface area contributed by atoms with Crippen molar-refractivity contribution in [3.63, 3.8) is 0 Å². The van der Waals surface area contributed by atoms with E-state index < -0.39 is 0 Å². The highest BCUT2D eigenvalue weighted by Crippen LogP contribution is 2.35. The number of nitrogens with zero attached hydrogens (tertiary/aromatic N) is 1. The average Bonchev–Trinajstić information content (AvgIpc) is 3.19. The summed E-state index contributed by atoms with van der Waals surface area (Å²) in [6.07, 6.45) is 1.88. The Labute approximate surface area is 148 Å². The summed E-state index contributed by atoms with van der Waals surface area (Å²) in [6.45, 7) is 4.32. The van der Waals surface area contributed by atoms with Crippen LogP contribution in [0.15, 0.2) is 29.2 Å². The Hall–Kier alpha value is -2.25. The maximum absolute atomic E-state index is 11.9. The first-order valence-electron chi connectivity index (χ1n) is 7.37. The van der Waals surface area contributed by atoms with Gasteiger partial charge in [-0.05, 0) is 43.7 Å². The molecule has 1 aromatic carbocycles. The number of hydrogen-bond acceptors (Lipinski definition) is 5. The van der Waals surface area contributed by atoms with Crippen LogP contribution < -0.4 is 14.8 Å². The summed E-state index contributed by atoms with van der Waals surface area (Å²) >= 11 is 6.33. The number of benzene rings is 1. The van der Waals surface area contributed by atoms with Gasteiger partial charge in [0.15, 0.2) is 11.5 Å². The Bertz CT molecular complexity index is 915. The summed E-state index contributed by atoms with van der Waals surface area (Å²) < 4.78 is 13.5. The third-order valence-corrected chi connectivity index (χ3v) is 5.18. The van der Waals surface area contributed by atoms with Crippen molar-refractivity contribution in [3.05, 3.63) is 46.1 Å². The van der Waals surface area contributed by atoms with E-state index in [2.05, 4.69) is 16.0 Å². The lowest BCUT2D eigenvalue weighted by Gasteiger charge is -2.10. The van der Waals surface area contributed by atoms with Crippen molar-refractivity contribution < 1.29 is 14.3 Å². The van der Waals surface area contributed by atoms with Gasteiger partial charge in [-0.25, -0.2) is 0 Å². The summed E-state index contributed by atoms with van der Waals surface area (Å²) in [7, 11) is 0. The fourth-order valence-corrected chi connectivity index (χ4v) is 3.95. The molecule has 1 fully saturated rings. The topological polar surface area (TPSA) is 52.5 Å². The third-order valence-electron chi connectivity index (χ3n) is 4.01. The molecule has 0 atom stereocenters. The minimum absolute atomic E-state index is 0.141. The van der Waals surface area contributed by atoms with Crippen molar-refractivity contribution in [2.24, 2.45) is 0 Å². The number of fused-ring (bicyclic) bond motifs is 1. The van der Waals surface area contributed by atoms with Gasteiger partial charge in [-0.2, -0.15) is 0 Å².